The van der Waals surface area contributed by atoms with E-state index in [1.165, 1.54) is 0 Å². The smallest absolute Gasteiger partial charge is 0.303 e. The molecule has 0 radical (unpaired) electrons. The molecule has 1 atom stereocenters. The second-order valence-electron chi connectivity index (χ2n) is 5.48. The number of rotatable bonds is 7. The minimum atomic E-state index is -0.763. The summed E-state index contributed by atoms with van der Waals surface area (Å²) >= 11 is 6.22. The molecule has 2 rings (SSSR count). The van der Waals surface area contributed by atoms with Crippen LogP contribution in [-0.2, 0) is 4.79 Å². The summed E-state index contributed by atoms with van der Waals surface area (Å²) in [4.78, 5) is 11.0. The van der Waals surface area contributed by atoms with Crippen molar-refractivity contribution < 1.29 is 14.6 Å². The Labute approximate surface area is 124 Å². The Kier molecular flexibility index (Phi) is 4.71. The highest BCUT2D eigenvalue weighted by atomic mass is 35.5. The first-order chi connectivity index (χ1) is 9.47. The molecule has 1 aromatic rings. The zero-order valence-corrected chi connectivity index (χ0v) is 12.3. The van der Waals surface area contributed by atoms with E-state index in [1.54, 1.807) is 0 Å². The number of carbonyl (C=O) groups is 1. The summed E-state index contributed by atoms with van der Waals surface area (Å²) in [6, 6.07) is 5.57. The van der Waals surface area contributed by atoms with E-state index >= 15 is 0 Å². The van der Waals surface area contributed by atoms with Crippen LogP contribution in [0.5, 0.6) is 5.75 Å². The SMILES string of the molecule is C=C(C)COc1ccc(C(CC(=O)O)C2CC2)cc1Cl. The number of halogens is 1. The molecule has 1 saturated carbocycles. The molecule has 0 heterocycles. The Morgan fingerprint density at radius 2 is 2.25 bits per heavy atom. The molecule has 1 N–H and O–H groups in total. The summed E-state index contributed by atoms with van der Waals surface area (Å²) in [6.45, 7) is 6.09. The second kappa shape index (κ2) is 6.31. The van der Waals surface area contributed by atoms with Gasteiger partial charge in [-0.15, -0.1) is 0 Å². The summed E-state index contributed by atoms with van der Waals surface area (Å²) in [6.07, 6.45) is 2.36. The zero-order valence-electron chi connectivity index (χ0n) is 11.6. The molecule has 1 aromatic carbocycles. The van der Waals surface area contributed by atoms with Crippen molar-refractivity contribution in [2.75, 3.05) is 6.61 Å². The molecule has 1 aliphatic carbocycles. The predicted molar refractivity (Wildman–Crippen MR) is 79.5 cm³/mol. The number of carboxylic acid groups (broad SMARTS) is 1. The van der Waals surface area contributed by atoms with Gasteiger partial charge in [0.15, 0.2) is 0 Å². The molecule has 1 unspecified atom stereocenters. The fourth-order valence-electron chi connectivity index (χ4n) is 2.31. The topological polar surface area (TPSA) is 46.5 Å². The normalized spacial score (nSPS) is 15.7. The highest BCUT2D eigenvalue weighted by Gasteiger charge is 2.33. The van der Waals surface area contributed by atoms with Gasteiger partial charge < -0.3 is 9.84 Å². The number of benzene rings is 1. The highest BCUT2D eigenvalue weighted by molar-refractivity contribution is 6.32. The summed E-state index contributed by atoms with van der Waals surface area (Å²) in [5.41, 5.74) is 1.91. The van der Waals surface area contributed by atoms with Crippen molar-refractivity contribution in [2.24, 2.45) is 5.92 Å². The van der Waals surface area contributed by atoms with Crippen molar-refractivity contribution in [3.63, 3.8) is 0 Å². The Hall–Kier alpha value is -1.48. The van der Waals surface area contributed by atoms with Gasteiger partial charge >= 0.3 is 5.97 Å². The van der Waals surface area contributed by atoms with Crippen molar-refractivity contribution in [3.8, 4) is 5.75 Å². The van der Waals surface area contributed by atoms with Gasteiger partial charge in [0.05, 0.1) is 11.4 Å². The lowest BCUT2D eigenvalue weighted by atomic mass is 9.91. The largest absolute Gasteiger partial charge is 0.488 e. The summed E-state index contributed by atoms with van der Waals surface area (Å²) in [5.74, 6) is 0.383. The van der Waals surface area contributed by atoms with Crippen molar-refractivity contribution in [2.45, 2.75) is 32.1 Å². The van der Waals surface area contributed by atoms with Crippen LogP contribution in [0.4, 0.5) is 0 Å². The van der Waals surface area contributed by atoms with Crippen molar-refractivity contribution in [1.82, 2.24) is 0 Å². The van der Waals surface area contributed by atoms with E-state index in [4.69, 9.17) is 21.4 Å². The van der Waals surface area contributed by atoms with Gasteiger partial charge in [0.25, 0.3) is 0 Å². The fourth-order valence-corrected chi connectivity index (χ4v) is 2.55. The average molecular weight is 295 g/mol. The van der Waals surface area contributed by atoms with Crippen LogP contribution in [0.3, 0.4) is 0 Å². The predicted octanol–water partition coefficient (Wildman–Crippen LogP) is 4.26. The van der Waals surface area contributed by atoms with Crippen LogP contribution in [0.15, 0.2) is 30.4 Å². The molecule has 4 heteroatoms. The molecule has 0 amide bonds. The minimum absolute atomic E-state index is 0.0557. The van der Waals surface area contributed by atoms with Crippen LogP contribution >= 0.6 is 11.6 Å². The maximum Gasteiger partial charge on any atom is 0.303 e. The molecule has 0 bridgehead atoms. The van der Waals surface area contributed by atoms with E-state index in [9.17, 15) is 4.79 Å². The molecular weight excluding hydrogens is 276 g/mol. The van der Waals surface area contributed by atoms with Crippen molar-refractivity contribution in [3.05, 3.63) is 40.9 Å². The summed E-state index contributed by atoms with van der Waals surface area (Å²) in [7, 11) is 0. The third-order valence-corrected chi connectivity index (χ3v) is 3.74. The molecule has 108 valence electrons. The molecule has 0 spiro atoms. The Bertz CT molecular complexity index is 520. The van der Waals surface area contributed by atoms with Crippen LogP contribution in [0, 0.1) is 5.92 Å². The number of hydrogen-bond donors (Lipinski definition) is 1. The summed E-state index contributed by atoms with van der Waals surface area (Å²) in [5, 5.41) is 9.55. The van der Waals surface area contributed by atoms with E-state index < -0.39 is 5.97 Å². The molecular formula is C16H19ClO3. The highest BCUT2D eigenvalue weighted by Crippen LogP contribution is 2.45. The Balaban J connectivity index is 2.13. The van der Waals surface area contributed by atoms with Crippen LogP contribution in [0.1, 0.15) is 37.7 Å². The molecule has 0 aliphatic heterocycles. The van der Waals surface area contributed by atoms with Crippen LogP contribution in [-0.4, -0.2) is 17.7 Å². The first-order valence-electron chi connectivity index (χ1n) is 6.75. The van der Waals surface area contributed by atoms with Gasteiger partial charge in [0, 0.05) is 0 Å². The number of aliphatic carboxylic acids is 1. The van der Waals surface area contributed by atoms with Gasteiger partial charge in [-0.3, -0.25) is 4.79 Å². The molecule has 3 nitrogen and oxygen atoms in total. The average Bonchev–Trinajstić information content (AvgIpc) is 3.18. The van der Waals surface area contributed by atoms with Crippen LogP contribution < -0.4 is 4.74 Å². The number of ether oxygens (including phenoxy) is 1. The van der Waals surface area contributed by atoms with Gasteiger partial charge in [0.1, 0.15) is 12.4 Å². The minimum Gasteiger partial charge on any atom is -0.488 e. The van der Waals surface area contributed by atoms with E-state index in [0.717, 1.165) is 24.0 Å². The third kappa shape index (κ3) is 4.01. The summed E-state index contributed by atoms with van der Waals surface area (Å²) < 4.78 is 5.54. The van der Waals surface area contributed by atoms with Gasteiger partial charge in [-0.1, -0.05) is 24.2 Å². The van der Waals surface area contributed by atoms with Crippen molar-refractivity contribution in [1.29, 1.82) is 0 Å². The van der Waals surface area contributed by atoms with Crippen molar-refractivity contribution >= 4 is 17.6 Å². The van der Waals surface area contributed by atoms with Gasteiger partial charge in [-0.2, -0.15) is 0 Å². The first-order valence-corrected chi connectivity index (χ1v) is 7.13. The molecule has 20 heavy (non-hydrogen) atoms. The lowest BCUT2D eigenvalue weighted by Crippen LogP contribution is -2.08. The number of hydrogen-bond acceptors (Lipinski definition) is 2. The first kappa shape index (κ1) is 14.9. The second-order valence-corrected chi connectivity index (χ2v) is 5.88. The lowest BCUT2D eigenvalue weighted by molar-refractivity contribution is -0.137. The van der Waals surface area contributed by atoms with Gasteiger partial charge in [0.2, 0.25) is 0 Å². The monoisotopic (exact) mass is 294 g/mol. The van der Waals surface area contributed by atoms with Gasteiger partial charge in [-0.25, -0.2) is 0 Å². The van der Waals surface area contributed by atoms with E-state index in [0.29, 0.717) is 23.3 Å². The fraction of sp³-hybridized carbons (Fsp3) is 0.438. The zero-order chi connectivity index (χ0) is 14.7. The third-order valence-electron chi connectivity index (χ3n) is 3.44. The van der Waals surface area contributed by atoms with Crippen LogP contribution in [0.25, 0.3) is 0 Å². The van der Waals surface area contributed by atoms with E-state index in [-0.39, 0.29) is 12.3 Å². The molecule has 0 saturated heterocycles. The van der Waals surface area contributed by atoms with E-state index in [2.05, 4.69) is 6.58 Å². The molecule has 1 aliphatic rings. The standard InChI is InChI=1S/C16H19ClO3/c1-10(2)9-20-15-6-5-12(7-14(15)17)13(8-16(18)19)11-3-4-11/h5-7,11,13H,1,3-4,8-9H2,2H3,(H,18,19). The maximum atomic E-state index is 11.0. The van der Waals surface area contributed by atoms with Crippen LogP contribution in [0.2, 0.25) is 5.02 Å². The lowest BCUT2D eigenvalue weighted by Gasteiger charge is -2.16. The molecule has 1 fully saturated rings. The number of carboxylic acids is 1. The van der Waals surface area contributed by atoms with E-state index in [1.807, 2.05) is 25.1 Å². The quantitative estimate of drug-likeness (QED) is 0.764. The Morgan fingerprint density at radius 1 is 1.55 bits per heavy atom. The molecule has 0 aromatic heterocycles. The maximum absolute atomic E-state index is 11.0. The van der Waals surface area contributed by atoms with Gasteiger partial charge in [-0.05, 0) is 54.9 Å². The Morgan fingerprint density at radius 3 is 2.75 bits per heavy atom.